The van der Waals surface area contributed by atoms with Crippen LogP contribution >= 0.6 is 0 Å². The summed E-state index contributed by atoms with van der Waals surface area (Å²) in [7, 11) is 1.10. The highest BCUT2D eigenvalue weighted by Crippen LogP contribution is 2.28. The van der Waals surface area contributed by atoms with Gasteiger partial charge in [-0.1, -0.05) is 0 Å². The number of methoxy groups -OCH3 is 1. The summed E-state index contributed by atoms with van der Waals surface area (Å²) in [5.74, 6) is -1.41. The predicted molar refractivity (Wildman–Crippen MR) is 59.3 cm³/mol. The normalized spacial score (nSPS) is 11.7. The Labute approximate surface area is 110 Å². The molecular formula is C11H8F3N3O3. The van der Waals surface area contributed by atoms with E-state index in [2.05, 4.69) is 14.8 Å². The van der Waals surface area contributed by atoms with Crippen LogP contribution in [0.15, 0.2) is 12.1 Å². The molecule has 106 valence electrons. The van der Waals surface area contributed by atoms with Crippen molar-refractivity contribution in [2.24, 2.45) is 0 Å². The second-order valence-electron chi connectivity index (χ2n) is 3.87. The number of ether oxygens (including phenoxy) is 1. The number of nitrogens with zero attached hydrogens (tertiary/aromatic N) is 3. The van der Waals surface area contributed by atoms with Gasteiger partial charge in [0.05, 0.1) is 7.11 Å². The van der Waals surface area contributed by atoms with Gasteiger partial charge in [0.2, 0.25) is 0 Å². The van der Waals surface area contributed by atoms with Crippen LogP contribution in [0.3, 0.4) is 0 Å². The number of rotatable bonds is 2. The molecule has 0 aromatic carbocycles. The largest absolute Gasteiger partial charge is 0.464 e. The van der Waals surface area contributed by atoms with Crippen molar-refractivity contribution in [3.8, 4) is 0 Å². The summed E-state index contributed by atoms with van der Waals surface area (Å²) in [5, 5.41) is 3.29. The van der Waals surface area contributed by atoms with Crippen molar-refractivity contribution in [2.45, 2.75) is 13.1 Å². The highest BCUT2D eigenvalue weighted by Gasteiger charge is 2.35. The third kappa shape index (κ3) is 2.33. The molecule has 0 N–H and O–H groups in total. The van der Waals surface area contributed by atoms with Crippen LogP contribution in [-0.2, 0) is 10.9 Å². The molecular weight excluding hydrogens is 279 g/mol. The van der Waals surface area contributed by atoms with Crippen LogP contribution in [0.25, 0.3) is 5.65 Å². The third-order valence-electron chi connectivity index (χ3n) is 2.47. The Hall–Kier alpha value is -2.45. The first-order valence-electron chi connectivity index (χ1n) is 5.31. The maximum absolute atomic E-state index is 12.6. The molecule has 0 radical (unpaired) electrons. The van der Waals surface area contributed by atoms with Crippen molar-refractivity contribution in [3.63, 3.8) is 0 Å². The zero-order valence-electron chi connectivity index (χ0n) is 10.4. The van der Waals surface area contributed by atoms with E-state index in [1.54, 1.807) is 0 Å². The van der Waals surface area contributed by atoms with Gasteiger partial charge in [0.15, 0.2) is 22.8 Å². The highest BCUT2D eigenvalue weighted by atomic mass is 19.4. The summed E-state index contributed by atoms with van der Waals surface area (Å²) in [6.07, 6.45) is -4.67. The summed E-state index contributed by atoms with van der Waals surface area (Å²) >= 11 is 0. The average Bonchev–Trinajstić information content (AvgIpc) is 2.79. The average molecular weight is 287 g/mol. The maximum Gasteiger partial charge on any atom is 0.435 e. The second-order valence-corrected chi connectivity index (χ2v) is 3.87. The van der Waals surface area contributed by atoms with Crippen molar-refractivity contribution in [2.75, 3.05) is 7.11 Å². The lowest BCUT2D eigenvalue weighted by Crippen LogP contribution is -2.12. The van der Waals surface area contributed by atoms with Crippen molar-refractivity contribution in [1.29, 1.82) is 0 Å². The molecule has 0 aliphatic carbocycles. The topological polar surface area (TPSA) is 73.6 Å². The van der Waals surface area contributed by atoms with Crippen LogP contribution in [0.5, 0.6) is 0 Å². The molecule has 0 amide bonds. The van der Waals surface area contributed by atoms with Gasteiger partial charge >= 0.3 is 12.1 Å². The minimum atomic E-state index is -4.67. The number of aromatic nitrogens is 3. The summed E-state index contributed by atoms with van der Waals surface area (Å²) in [4.78, 5) is 26.5. The van der Waals surface area contributed by atoms with Gasteiger partial charge in [-0.15, -0.1) is 0 Å². The molecule has 6 nitrogen and oxygen atoms in total. The molecule has 0 bridgehead atoms. The first kappa shape index (κ1) is 14.0. The zero-order valence-corrected chi connectivity index (χ0v) is 10.4. The number of carbonyl (C=O) groups is 2. The Morgan fingerprint density at radius 1 is 1.30 bits per heavy atom. The van der Waals surface area contributed by atoms with Gasteiger partial charge in [-0.05, 0) is 0 Å². The number of fused-ring (bicyclic) bond motifs is 1. The van der Waals surface area contributed by atoms with E-state index in [0.29, 0.717) is 6.07 Å². The molecule has 0 unspecified atom stereocenters. The minimum Gasteiger partial charge on any atom is -0.464 e. The standard InChI is InChI=1S/C11H8F3N3O3/c1-5(18)7-3-6(10(19)20-2)15-9-4-8(11(12,13)14)16-17(7)9/h3-4H,1-2H3. The molecule has 0 atom stereocenters. The number of hydrogen-bond acceptors (Lipinski definition) is 5. The second kappa shape index (κ2) is 4.58. The van der Waals surface area contributed by atoms with Crippen LogP contribution < -0.4 is 0 Å². The van der Waals surface area contributed by atoms with E-state index in [-0.39, 0.29) is 17.0 Å². The SMILES string of the molecule is COC(=O)c1cc(C(C)=O)n2nc(C(F)(F)F)cc2n1. The van der Waals surface area contributed by atoms with Crippen LogP contribution in [0.1, 0.15) is 33.6 Å². The van der Waals surface area contributed by atoms with E-state index in [1.165, 1.54) is 0 Å². The van der Waals surface area contributed by atoms with Crippen LogP contribution in [0.4, 0.5) is 13.2 Å². The Balaban J connectivity index is 2.74. The number of alkyl halides is 3. The molecule has 0 saturated heterocycles. The van der Waals surface area contributed by atoms with E-state index >= 15 is 0 Å². The fourth-order valence-corrected chi connectivity index (χ4v) is 1.57. The first-order valence-corrected chi connectivity index (χ1v) is 5.31. The summed E-state index contributed by atoms with van der Waals surface area (Å²) in [6, 6.07) is 1.69. The number of carbonyl (C=O) groups excluding carboxylic acids is 2. The minimum absolute atomic E-state index is 0.189. The molecule has 9 heteroatoms. The Morgan fingerprint density at radius 3 is 2.45 bits per heavy atom. The molecule has 0 aliphatic heterocycles. The van der Waals surface area contributed by atoms with Gasteiger partial charge in [-0.2, -0.15) is 18.3 Å². The molecule has 2 aromatic heterocycles. The predicted octanol–water partition coefficient (Wildman–Crippen LogP) is 1.74. The zero-order chi connectivity index (χ0) is 15.1. The summed E-state index contributed by atoms with van der Waals surface area (Å²) < 4.78 is 43.0. The lowest BCUT2D eigenvalue weighted by molar-refractivity contribution is -0.141. The first-order chi connectivity index (χ1) is 9.24. The van der Waals surface area contributed by atoms with E-state index in [0.717, 1.165) is 24.6 Å². The van der Waals surface area contributed by atoms with Gasteiger partial charge in [0, 0.05) is 19.1 Å². The maximum atomic E-state index is 12.6. The molecule has 0 saturated carbocycles. The molecule has 0 aliphatic rings. The summed E-state index contributed by atoms with van der Waals surface area (Å²) in [5.41, 5.74) is -1.91. The van der Waals surface area contributed by atoms with E-state index < -0.39 is 23.6 Å². The smallest absolute Gasteiger partial charge is 0.435 e. The monoisotopic (exact) mass is 287 g/mol. The Morgan fingerprint density at radius 2 is 1.95 bits per heavy atom. The fraction of sp³-hybridized carbons (Fsp3) is 0.273. The lowest BCUT2D eigenvalue weighted by atomic mass is 10.2. The van der Waals surface area contributed by atoms with Gasteiger partial charge in [0.25, 0.3) is 0 Å². The Kier molecular flexibility index (Phi) is 3.20. The Bertz CT molecular complexity index is 706. The van der Waals surface area contributed by atoms with E-state index in [1.807, 2.05) is 0 Å². The fourth-order valence-electron chi connectivity index (χ4n) is 1.57. The number of halogens is 3. The number of ketones is 1. The van der Waals surface area contributed by atoms with Crippen LogP contribution in [-0.4, -0.2) is 33.5 Å². The number of Topliss-reactive ketones (excluding diaryl/α,β-unsaturated/α-hetero) is 1. The molecule has 2 heterocycles. The van der Waals surface area contributed by atoms with E-state index in [9.17, 15) is 22.8 Å². The quantitative estimate of drug-likeness (QED) is 0.621. The van der Waals surface area contributed by atoms with Crippen molar-refractivity contribution >= 4 is 17.4 Å². The molecule has 2 aromatic rings. The molecule has 0 fully saturated rings. The van der Waals surface area contributed by atoms with Gasteiger partial charge in [-0.25, -0.2) is 14.3 Å². The van der Waals surface area contributed by atoms with Gasteiger partial charge in [0.1, 0.15) is 5.69 Å². The van der Waals surface area contributed by atoms with Gasteiger partial charge < -0.3 is 4.74 Å². The van der Waals surface area contributed by atoms with Gasteiger partial charge in [-0.3, -0.25) is 4.79 Å². The van der Waals surface area contributed by atoms with Crippen molar-refractivity contribution in [1.82, 2.24) is 14.6 Å². The van der Waals surface area contributed by atoms with Crippen molar-refractivity contribution < 1.29 is 27.5 Å². The molecule has 2 rings (SSSR count). The van der Waals surface area contributed by atoms with Crippen LogP contribution in [0.2, 0.25) is 0 Å². The number of esters is 1. The summed E-state index contributed by atoms with van der Waals surface area (Å²) in [6.45, 7) is 1.14. The van der Waals surface area contributed by atoms with Crippen molar-refractivity contribution in [3.05, 3.63) is 29.2 Å². The number of hydrogen-bond donors (Lipinski definition) is 0. The molecule has 0 spiro atoms. The molecule has 20 heavy (non-hydrogen) atoms. The van der Waals surface area contributed by atoms with E-state index in [4.69, 9.17) is 0 Å². The highest BCUT2D eigenvalue weighted by molar-refractivity contribution is 5.96. The third-order valence-corrected chi connectivity index (χ3v) is 2.47. The van der Waals surface area contributed by atoms with Crippen LogP contribution in [0, 0.1) is 0 Å². The lowest BCUT2D eigenvalue weighted by Gasteiger charge is -2.04.